The van der Waals surface area contributed by atoms with Crippen molar-refractivity contribution in [3.05, 3.63) is 0 Å². The highest BCUT2D eigenvalue weighted by atomic mass is 32.1. The number of hydrogen-bond donors (Lipinski definition) is 2. The van der Waals surface area contributed by atoms with Crippen molar-refractivity contribution in [2.24, 2.45) is 5.73 Å². The van der Waals surface area contributed by atoms with Gasteiger partial charge in [0.2, 0.25) is 5.91 Å². The van der Waals surface area contributed by atoms with Gasteiger partial charge in [-0.1, -0.05) is 25.1 Å². The summed E-state index contributed by atoms with van der Waals surface area (Å²) in [7, 11) is 1.62. The molecule has 0 aromatic rings. The van der Waals surface area contributed by atoms with Gasteiger partial charge in [0.1, 0.15) is 0 Å². The topological polar surface area (TPSA) is 67.6 Å². The monoisotopic (exact) mass is 287 g/mol. The normalized spacial score (nSPS) is 17.6. The zero-order valence-corrected chi connectivity index (χ0v) is 12.7. The summed E-state index contributed by atoms with van der Waals surface area (Å²) in [4.78, 5) is 14.7. The lowest BCUT2D eigenvalue weighted by Crippen LogP contribution is -2.52. The Labute approximate surface area is 120 Å². The van der Waals surface area contributed by atoms with Crippen molar-refractivity contribution in [3.8, 4) is 0 Å². The van der Waals surface area contributed by atoms with Crippen LogP contribution in [-0.2, 0) is 9.53 Å². The van der Waals surface area contributed by atoms with E-state index in [0.717, 1.165) is 12.8 Å². The van der Waals surface area contributed by atoms with Crippen molar-refractivity contribution in [2.75, 3.05) is 26.8 Å². The molecule has 1 rings (SSSR count). The van der Waals surface area contributed by atoms with E-state index in [9.17, 15) is 4.79 Å². The maximum absolute atomic E-state index is 12.1. The van der Waals surface area contributed by atoms with Crippen LogP contribution in [0.3, 0.4) is 0 Å². The predicted molar refractivity (Wildman–Crippen MR) is 80.1 cm³/mol. The van der Waals surface area contributed by atoms with Gasteiger partial charge in [-0.15, -0.1) is 0 Å². The van der Waals surface area contributed by atoms with Crippen LogP contribution >= 0.6 is 12.2 Å². The van der Waals surface area contributed by atoms with E-state index in [2.05, 4.69) is 10.2 Å². The first-order chi connectivity index (χ1) is 9.06. The molecule has 0 saturated heterocycles. The molecule has 1 fully saturated rings. The third-order valence-corrected chi connectivity index (χ3v) is 3.74. The molecule has 0 bridgehead atoms. The van der Waals surface area contributed by atoms with Crippen LogP contribution in [0.5, 0.6) is 0 Å². The summed E-state index contributed by atoms with van der Waals surface area (Å²) in [5, 5.41) is 2.87. The Morgan fingerprint density at radius 1 is 1.53 bits per heavy atom. The quantitative estimate of drug-likeness (QED) is 0.507. The second-order valence-corrected chi connectivity index (χ2v) is 5.56. The van der Waals surface area contributed by atoms with E-state index in [-0.39, 0.29) is 11.9 Å². The third-order valence-electron chi connectivity index (χ3n) is 3.61. The summed E-state index contributed by atoms with van der Waals surface area (Å²) in [5.41, 5.74) is 5.66. The number of nitrogens with zero attached hydrogens (tertiary/aromatic N) is 1. The van der Waals surface area contributed by atoms with Gasteiger partial charge in [0, 0.05) is 26.2 Å². The zero-order valence-electron chi connectivity index (χ0n) is 11.9. The highest BCUT2D eigenvalue weighted by Crippen LogP contribution is 2.25. The van der Waals surface area contributed by atoms with Crippen molar-refractivity contribution in [2.45, 2.75) is 44.7 Å². The molecule has 1 unspecified atom stereocenters. The maximum Gasteiger partial charge on any atom is 0.237 e. The Balaban J connectivity index is 2.56. The molecule has 3 N–H and O–H groups in total. The maximum atomic E-state index is 12.1. The van der Waals surface area contributed by atoms with Crippen molar-refractivity contribution in [1.29, 1.82) is 0 Å². The fourth-order valence-electron chi connectivity index (χ4n) is 2.57. The molecule has 1 amide bonds. The predicted octanol–water partition coefficient (Wildman–Crippen LogP) is 0.668. The molecule has 1 atom stereocenters. The SMILES string of the molecule is COCCNC(=O)C(C)N(CC(N)=S)C1CCCC1. The molecule has 19 heavy (non-hydrogen) atoms. The third kappa shape index (κ3) is 5.42. The smallest absolute Gasteiger partial charge is 0.237 e. The molecule has 1 aliphatic rings. The van der Waals surface area contributed by atoms with E-state index in [0.29, 0.717) is 30.7 Å². The van der Waals surface area contributed by atoms with Gasteiger partial charge in [-0.05, 0) is 19.8 Å². The fraction of sp³-hybridized carbons (Fsp3) is 0.846. The number of hydrogen-bond acceptors (Lipinski definition) is 4. The summed E-state index contributed by atoms with van der Waals surface area (Å²) in [5.74, 6) is 0.0141. The Hall–Kier alpha value is -0.720. The van der Waals surface area contributed by atoms with E-state index in [1.54, 1.807) is 7.11 Å². The minimum Gasteiger partial charge on any atom is -0.392 e. The van der Waals surface area contributed by atoms with Crippen LogP contribution in [0.1, 0.15) is 32.6 Å². The minimum absolute atomic E-state index is 0.0141. The molecule has 5 nitrogen and oxygen atoms in total. The summed E-state index contributed by atoms with van der Waals surface area (Å²) < 4.78 is 4.93. The fourth-order valence-corrected chi connectivity index (χ4v) is 2.72. The molecule has 0 heterocycles. The van der Waals surface area contributed by atoms with Crippen LogP contribution < -0.4 is 11.1 Å². The molecule has 1 aliphatic carbocycles. The van der Waals surface area contributed by atoms with E-state index in [4.69, 9.17) is 22.7 Å². The highest BCUT2D eigenvalue weighted by Gasteiger charge is 2.30. The Morgan fingerprint density at radius 2 is 2.16 bits per heavy atom. The van der Waals surface area contributed by atoms with Gasteiger partial charge in [-0.2, -0.15) is 0 Å². The van der Waals surface area contributed by atoms with Gasteiger partial charge in [0.15, 0.2) is 0 Å². The highest BCUT2D eigenvalue weighted by molar-refractivity contribution is 7.80. The lowest BCUT2D eigenvalue weighted by atomic mass is 10.1. The number of ether oxygens (including phenoxy) is 1. The van der Waals surface area contributed by atoms with Crippen LogP contribution in [0, 0.1) is 0 Å². The standard InChI is InChI=1S/C13H25N3O2S/c1-10(13(17)15-7-8-18-2)16(9-12(14)19)11-5-3-4-6-11/h10-11H,3-9H2,1-2H3,(H2,14,19)(H,15,17). The van der Waals surface area contributed by atoms with Crippen LogP contribution in [0.4, 0.5) is 0 Å². The first-order valence-electron chi connectivity index (χ1n) is 6.87. The second kappa shape index (κ2) is 8.45. The molecule has 0 aliphatic heterocycles. The largest absolute Gasteiger partial charge is 0.392 e. The van der Waals surface area contributed by atoms with Crippen molar-refractivity contribution < 1.29 is 9.53 Å². The van der Waals surface area contributed by atoms with E-state index in [1.807, 2.05) is 6.92 Å². The number of thiocarbonyl (C=S) groups is 1. The van der Waals surface area contributed by atoms with Crippen LogP contribution in [0.2, 0.25) is 0 Å². The van der Waals surface area contributed by atoms with Gasteiger partial charge in [-0.3, -0.25) is 9.69 Å². The van der Waals surface area contributed by atoms with Crippen LogP contribution in [0.25, 0.3) is 0 Å². The second-order valence-electron chi connectivity index (χ2n) is 5.04. The average molecular weight is 287 g/mol. The van der Waals surface area contributed by atoms with Gasteiger partial charge < -0.3 is 15.8 Å². The van der Waals surface area contributed by atoms with Gasteiger partial charge >= 0.3 is 0 Å². The lowest BCUT2D eigenvalue weighted by Gasteiger charge is -2.33. The molecule has 1 saturated carbocycles. The molecule has 6 heteroatoms. The molecule has 0 aromatic carbocycles. The Kier molecular flexibility index (Phi) is 7.27. The summed E-state index contributed by atoms with van der Waals surface area (Å²) in [6.45, 7) is 3.49. The zero-order chi connectivity index (χ0) is 14.3. The number of nitrogens with two attached hydrogens (primary N) is 1. The van der Waals surface area contributed by atoms with Crippen LogP contribution in [-0.4, -0.2) is 54.7 Å². The molecular formula is C13H25N3O2S. The van der Waals surface area contributed by atoms with Gasteiger partial charge in [0.25, 0.3) is 0 Å². The Bertz CT molecular complexity index is 306. The van der Waals surface area contributed by atoms with Gasteiger partial charge in [0.05, 0.1) is 17.6 Å². The van der Waals surface area contributed by atoms with E-state index >= 15 is 0 Å². The summed E-state index contributed by atoms with van der Waals surface area (Å²) in [6.07, 6.45) is 4.68. The number of carbonyl (C=O) groups is 1. The van der Waals surface area contributed by atoms with E-state index < -0.39 is 0 Å². The van der Waals surface area contributed by atoms with Crippen molar-refractivity contribution in [3.63, 3.8) is 0 Å². The van der Waals surface area contributed by atoms with Crippen LogP contribution in [0.15, 0.2) is 0 Å². The number of methoxy groups -OCH3 is 1. The first-order valence-corrected chi connectivity index (χ1v) is 7.27. The minimum atomic E-state index is -0.207. The Morgan fingerprint density at radius 3 is 2.68 bits per heavy atom. The lowest BCUT2D eigenvalue weighted by molar-refractivity contribution is -0.126. The molecule has 0 aromatic heterocycles. The molecule has 0 spiro atoms. The summed E-state index contributed by atoms with van der Waals surface area (Å²) in [6, 6.07) is 0.214. The molecule has 110 valence electrons. The number of nitrogens with one attached hydrogen (secondary N) is 1. The molecular weight excluding hydrogens is 262 g/mol. The number of amides is 1. The average Bonchev–Trinajstić information content (AvgIpc) is 2.88. The number of rotatable bonds is 8. The molecule has 0 radical (unpaired) electrons. The number of carbonyl (C=O) groups excluding carboxylic acids is 1. The first kappa shape index (κ1) is 16.3. The van der Waals surface area contributed by atoms with Gasteiger partial charge in [-0.25, -0.2) is 0 Å². The van der Waals surface area contributed by atoms with Crippen molar-refractivity contribution in [1.82, 2.24) is 10.2 Å². The van der Waals surface area contributed by atoms with E-state index in [1.165, 1.54) is 12.8 Å². The van der Waals surface area contributed by atoms with Crippen molar-refractivity contribution >= 4 is 23.1 Å². The summed E-state index contributed by atoms with van der Waals surface area (Å²) >= 11 is 5.00.